The average Bonchev–Trinajstić information content (AvgIpc) is 2.58. The van der Waals surface area contributed by atoms with E-state index in [1.165, 1.54) is 0 Å². The summed E-state index contributed by atoms with van der Waals surface area (Å²) in [5.74, 6) is -1.28. The first-order valence-corrected chi connectivity index (χ1v) is 6.15. The van der Waals surface area contributed by atoms with Gasteiger partial charge in [0.25, 0.3) is 0 Å². The number of aliphatic hydroxyl groups excluding tert-OH is 1. The molecule has 0 aromatic heterocycles. The van der Waals surface area contributed by atoms with Crippen LogP contribution in [-0.4, -0.2) is 46.7 Å². The molecule has 5 nitrogen and oxygen atoms in total. The number of aliphatic hydroxyl groups is 1. The fourth-order valence-corrected chi connectivity index (χ4v) is 2.94. The Morgan fingerprint density at radius 2 is 1.82 bits per heavy atom. The van der Waals surface area contributed by atoms with Crippen molar-refractivity contribution in [2.24, 2.45) is 23.7 Å². The highest BCUT2D eigenvalue weighted by Gasteiger charge is 2.44. The van der Waals surface area contributed by atoms with Gasteiger partial charge in [-0.05, 0) is 18.8 Å². The van der Waals surface area contributed by atoms with Crippen LogP contribution in [0.4, 0.5) is 0 Å². The van der Waals surface area contributed by atoms with Crippen molar-refractivity contribution in [1.29, 1.82) is 0 Å². The molecule has 2 rings (SSSR count). The Morgan fingerprint density at radius 3 is 2.35 bits per heavy atom. The highest BCUT2D eigenvalue weighted by atomic mass is 16.4. The minimum atomic E-state index is -0.855. The summed E-state index contributed by atoms with van der Waals surface area (Å²) in [6, 6.07) is 0. The molecule has 0 bridgehead atoms. The number of carboxylic acids is 1. The Bertz CT molecular complexity index is 324. The van der Waals surface area contributed by atoms with E-state index in [1.54, 1.807) is 4.90 Å². The van der Waals surface area contributed by atoms with Crippen molar-refractivity contribution < 1.29 is 19.8 Å². The molecule has 1 aliphatic heterocycles. The number of aliphatic carboxylic acids is 1. The van der Waals surface area contributed by atoms with Gasteiger partial charge in [-0.2, -0.15) is 0 Å². The number of nitrogens with zero attached hydrogens (tertiary/aromatic N) is 1. The molecule has 2 aliphatic rings. The van der Waals surface area contributed by atoms with Gasteiger partial charge < -0.3 is 15.1 Å². The number of hydrogen-bond donors (Lipinski definition) is 2. The number of carbonyl (C=O) groups is 2. The smallest absolute Gasteiger partial charge is 0.307 e. The number of carboxylic acid groups (broad SMARTS) is 1. The Labute approximate surface area is 100 Å². The van der Waals surface area contributed by atoms with E-state index in [0.717, 1.165) is 0 Å². The molecule has 0 radical (unpaired) electrons. The summed E-state index contributed by atoms with van der Waals surface area (Å²) in [5, 5.41) is 18.0. The molecule has 1 aliphatic carbocycles. The fraction of sp³-hybridized carbons (Fsp3) is 0.833. The van der Waals surface area contributed by atoms with Gasteiger partial charge in [0, 0.05) is 25.6 Å². The van der Waals surface area contributed by atoms with Crippen molar-refractivity contribution in [1.82, 2.24) is 4.90 Å². The fourth-order valence-electron chi connectivity index (χ4n) is 2.94. The summed E-state index contributed by atoms with van der Waals surface area (Å²) in [6.45, 7) is 3.25. The Hall–Kier alpha value is -1.10. The molecule has 2 N–H and O–H groups in total. The number of likely N-dealkylation sites (tertiary alicyclic amines) is 1. The standard InChI is InChI=1S/C12H19NO4/c1-7-2-9(10(3-7)12(16)17)11(15)13-4-8(5-13)6-14/h7-10,14H,2-6H2,1H3,(H,16,17). The quantitative estimate of drug-likeness (QED) is 0.739. The number of rotatable bonds is 3. The maximum Gasteiger partial charge on any atom is 0.307 e. The molecule has 1 amide bonds. The van der Waals surface area contributed by atoms with Crippen LogP contribution in [-0.2, 0) is 9.59 Å². The van der Waals surface area contributed by atoms with E-state index in [-0.39, 0.29) is 24.3 Å². The van der Waals surface area contributed by atoms with Crippen LogP contribution in [0.3, 0.4) is 0 Å². The Kier molecular flexibility index (Phi) is 3.38. The van der Waals surface area contributed by atoms with Gasteiger partial charge in [-0.15, -0.1) is 0 Å². The zero-order valence-corrected chi connectivity index (χ0v) is 10.0. The van der Waals surface area contributed by atoms with Crippen molar-refractivity contribution in [3.63, 3.8) is 0 Å². The lowest BCUT2D eigenvalue weighted by Gasteiger charge is -2.40. The van der Waals surface area contributed by atoms with Crippen LogP contribution in [0.2, 0.25) is 0 Å². The summed E-state index contributed by atoms with van der Waals surface area (Å²) < 4.78 is 0. The van der Waals surface area contributed by atoms with Crippen LogP contribution < -0.4 is 0 Å². The van der Waals surface area contributed by atoms with Crippen molar-refractivity contribution >= 4 is 11.9 Å². The second-order valence-corrected chi connectivity index (χ2v) is 5.42. The zero-order chi connectivity index (χ0) is 12.6. The van der Waals surface area contributed by atoms with Gasteiger partial charge in [0.1, 0.15) is 0 Å². The van der Waals surface area contributed by atoms with Crippen LogP contribution in [0.15, 0.2) is 0 Å². The summed E-state index contributed by atoms with van der Waals surface area (Å²) in [6.07, 6.45) is 1.28. The van der Waals surface area contributed by atoms with Crippen molar-refractivity contribution in [2.75, 3.05) is 19.7 Å². The van der Waals surface area contributed by atoms with E-state index >= 15 is 0 Å². The Morgan fingerprint density at radius 1 is 1.24 bits per heavy atom. The lowest BCUT2D eigenvalue weighted by atomic mass is 9.91. The van der Waals surface area contributed by atoms with Crippen LogP contribution in [0.1, 0.15) is 19.8 Å². The highest BCUT2D eigenvalue weighted by Crippen LogP contribution is 2.38. The van der Waals surface area contributed by atoms with Crippen LogP contribution >= 0.6 is 0 Å². The zero-order valence-electron chi connectivity index (χ0n) is 10.0. The first-order chi connectivity index (χ1) is 8.02. The van der Waals surface area contributed by atoms with Crippen molar-refractivity contribution in [2.45, 2.75) is 19.8 Å². The summed E-state index contributed by atoms with van der Waals surface area (Å²) >= 11 is 0. The molecule has 3 atom stereocenters. The predicted molar refractivity (Wildman–Crippen MR) is 60.2 cm³/mol. The van der Waals surface area contributed by atoms with Gasteiger partial charge in [-0.25, -0.2) is 0 Å². The SMILES string of the molecule is CC1CC(C(=O)O)C(C(=O)N2CC(CO)C2)C1. The third-order valence-electron chi connectivity index (χ3n) is 3.96. The monoisotopic (exact) mass is 241 g/mol. The molecule has 5 heteroatoms. The molecule has 1 saturated heterocycles. The molecular formula is C12H19NO4. The molecule has 96 valence electrons. The van der Waals surface area contributed by atoms with Gasteiger partial charge >= 0.3 is 5.97 Å². The molecule has 3 unspecified atom stereocenters. The number of carbonyl (C=O) groups excluding carboxylic acids is 1. The number of amides is 1. The highest BCUT2D eigenvalue weighted by molar-refractivity contribution is 5.85. The van der Waals surface area contributed by atoms with E-state index in [9.17, 15) is 9.59 Å². The van der Waals surface area contributed by atoms with Crippen molar-refractivity contribution in [3.8, 4) is 0 Å². The van der Waals surface area contributed by atoms with E-state index in [0.29, 0.717) is 31.8 Å². The summed E-state index contributed by atoms with van der Waals surface area (Å²) in [5.41, 5.74) is 0. The normalized spacial score (nSPS) is 33.5. The van der Waals surface area contributed by atoms with E-state index in [4.69, 9.17) is 10.2 Å². The molecule has 0 aromatic carbocycles. The van der Waals surface area contributed by atoms with Gasteiger partial charge in [0.15, 0.2) is 0 Å². The second kappa shape index (κ2) is 4.64. The van der Waals surface area contributed by atoms with E-state index in [1.807, 2.05) is 6.92 Å². The third kappa shape index (κ3) is 2.29. The minimum Gasteiger partial charge on any atom is -0.481 e. The largest absolute Gasteiger partial charge is 0.481 e. The molecule has 1 heterocycles. The summed E-state index contributed by atoms with van der Waals surface area (Å²) in [4.78, 5) is 24.9. The van der Waals surface area contributed by atoms with Gasteiger partial charge in [-0.3, -0.25) is 9.59 Å². The molecule has 17 heavy (non-hydrogen) atoms. The van der Waals surface area contributed by atoms with Gasteiger partial charge in [0.05, 0.1) is 11.8 Å². The van der Waals surface area contributed by atoms with Crippen molar-refractivity contribution in [3.05, 3.63) is 0 Å². The first-order valence-electron chi connectivity index (χ1n) is 6.15. The van der Waals surface area contributed by atoms with Gasteiger partial charge in [-0.1, -0.05) is 6.92 Å². The third-order valence-corrected chi connectivity index (χ3v) is 3.96. The minimum absolute atomic E-state index is 0.0357. The Balaban J connectivity index is 1.97. The molecule has 0 spiro atoms. The lowest BCUT2D eigenvalue weighted by molar-refractivity contribution is -0.152. The number of hydrogen-bond acceptors (Lipinski definition) is 3. The summed E-state index contributed by atoms with van der Waals surface area (Å²) in [7, 11) is 0. The topological polar surface area (TPSA) is 77.8 Å². The predicted octanol–water partition coefficient (Wildman–Crippen LogP) is 0.184. The molecule has 2 fully saturated rings. The van der Waals surface area contributed by atoms with E-state index in [2.05, 4.69) is 0 Å². The molecule has 0 aromatic rings. The molecule has 1 saturated carbocycles. The van der Waals surface area contributed by atoms with E-state index < -0.39 is 11.9 Å². The van der Waals surface area contributed by atoms with Crippen LogP contribution in [0, 0.1) is 23.7 Å². The second-order valence-electron chi connectivity index (χ2n) is 5.42. The maximum atomic E-state index is 12.1. The van der Waals surface area contributed by atoms with Crippen LogP contribution in [0.25, 0.3) is 0 Å². The first kappa shape index (κ1) is 12.4. The van der Waals surface area contributed by atoms with Crippen LogP contribution in [0.5, 0.6) is 0 Å². The average molecular weight is 241 g/mol. The lowest BCUT2D eigenvalue weighted by Crippen LogP contribution is -2.54. The van der Waals surface area contributed by atoms with Gasteiger partial charge in [0.2, 0.25) is 5.91 Å². The molecular weight excluding hydrogens is 222 g/mol. The maximum absolute atomic E-state index is 12.1.